The number of alkyl halides is 3. The summed E-state index contributed by atoms with van der Waals surface area (Å²) in [5.74, 6) is 0. The van der Waals surface area contributed by atoms with Crippen molar-refractivity contribution in [1.82, 2.24) is 0 Å². The van der Waals surface area contributed by atoms with Crippen molar-refractivity contribution in [2.45, 2.75) is 25.6 Å². The Labute approximate surface area is 61.3 Å². The number of carbonyl (C=O) groups excluding carboxylic acids is 1. The number of ether oxygens (including phenoxy) is 1. The molecule has 1 atom stereocenters. The van der Waals surface area contributed by atoms with Gasteiger partial charge in [0.05, 0.1) is 6.42 Å². The van der Waals surface area contributed by atoms with Gasteiger partial charge in [0.1, 0.15) is 6.10 Å². The maximum Gasteiger partial charge on any atom is 0.404 e. The van der Waals surface area contributed by atoms with Gasteiger partial charge in [0, 0.05) is 0 Å². The van der Waals surface area contributed by atoms with Crippen LogP contribution in [0.4, 0.5) is 18.0 Å². The highest BCUT2D eigenvalue weighted by Crippen LogP contribution is 2.22. The molecule has 0 aliphatic carbocycles. The van der Waals surface area contributed by atoms with Gasteiger partial charge in [-0.15, -0.1) is 0 Å². The predicted molar refractivity (Wildman–Crippen MR) is 30.8 cm³/mol. The van der Waals surface area contributed by atoms with Gasteiger partial charge in [0.25, 0.3) is 0 Å². The number of hydrogen-bond donors (Lipinski definition) is 1. The molecule has 3 nitrogen and oxygen atoms in total. The van der Waals surface area contributed by atoms with Gasteiger partial charge in [-0.3, -0.25) is 0 Å². The van der Waals surface area contributed by atoms with Crippen LogP contribution in [0, 0.1) is 0 Å². The molecular formula is C5H8F3NO2. The lowest BCUT2D eigenvalue weighted by molar-refractivity contribution is -0.151. The molecule has 0 aliphatic heterocycles. The quantitative estimate of drug-likeness (QED) is 0.683. The highest BCUT2D eigenvalue weighted by atomic mass is 19.4. The molecule has 2 N–H and O–H groups in total. The van der Waals surface area contributed by atoms with E-state index < -0.39 is 24.8 Å². The van der Waals surface area contributed by atoms with Crippen molar-refractivity contribution in [2.75, 3.05) is 0 Å². The Morgan fingerprint density at radius 2 is 2.09 bits per heavy atom. The molecule has 0 bridgehead atoms. The van der Waals surface area contributed by atoms with Crippen LogP contribution in [0.2, 0.25) is 0 Å². The molecule has 0 aromatic heterocycles. The van der Waals surface area contributed by atoms with Crippen molar-refractivity contribution in [3.63, 3.8) is 0 Å². The van der Waals surface area contributed by atoms with Crippen LogP contribution in [0.3, 0.4) is 0 Å². The van der Waals surface area contributed by atoms with E-state index in [1.165, 1.54) is 0 Å². The van der Waals surface area contributed by atoms with Gasteiger partial charge >= 0.3 is 12.3 Å². The molecular weight excluding hydrogens is 163 g/mol. The normalized spacial score (nSPS) is 14.2. The molecule has 0 rings (SSSR count). The molecule has 11 heavy (non-hydrogen) atoms. The minimum atomic E-state index is -4.32. The van der Waals surface area contributed by atoms with E-state index in [0.717, 1.165) is 6.92 Å². The summed E-state index contributed by atoms with van der Waals surface area (Å²) in [5, 5.41) is 0. The van der Waals surface area contributed by atoms with Gasteiger partial charge in [-0.2, -0.15) is 13.2 Å². The second-order valence-electron chi connectivity index (χ2n) is 2.07. The first-order valence-electron chi connectivity index (χ1n) is 2.84. The average molecular weight is 171 g/mol. The Balaban J connectivity index is 3.69. The molecule has 0 aromatic rings. The number of amides is 1. The van der Waals surface area contributed by atoms with Crippen LogP contribution < -0.4 is 5.73 Å². The summed E-state index contributed by atoms with van der Waals surface area (Å²) in [7, 11) is 0. The van der Waals surface area contributed by atoms with E-state index in [1.807, 2.05) is 0 Å². The maximum absolute atomic E-state index is 11.5. The second-order valence-corrected chi connectivity index (χ2v) is 2.07. The van der Waals surface area contributed by atoms with Crippen molar-refractivity contribution in [3.05, 3.63) is 0 Å². The second kappa shape index (κ2) is 3.45. The largest absolute Gasteiger partial charge is 0.446 e. The standard InChI is InChI=1S/C5H8F3NO2/c1-3(11-4(9)10)2-5(6,7)8/h3H,2H2,1H3,(H2,9,10). The van der Waals surface area contributed by atoms with Gasteiger partial charge < -0.3 is 10.5 Å². The molecule has 1 unspecified atom stereocenters. The summed E-state index contributed by atoms with van der Waals surface area (Å²) in [6.07, 6.45) is -7.90. The van der Waals surface area contributed by atoms with E-state index in [2.05, 4.69) is 10.5 Å². The van der Waals surface area contributed by atoms with Crippen LogP contribution in [0.25, 0.3) is 0 Å². The number of rotatable bonds is 2. The summed E-state index contributed by atoms with van der Waals surface area (Å²) in [6.45, 7) is 1.12. The number of nitrogens with two attached hydrogens (primary N) is 1. The lowest BCUT2D eigenvalue weighted by Gasteiger charge is -2.12. The smallest absolute Gasteiger partial charge is 0.404 e. The third kappa shape index (κ3) is 6.95. The first kappa shape index (κ1) is 10.1. The van der Waals surface area contributed by atoms with Crippen LogP contribution in [0.15, 0.2) is 0 Å². The van der Waals surface area contributed by atoms with E-state index in [1.54, 1.807) is 0 Å². The first-order valence-corrected chi connectivity index (χ1v) is 2.84. The Bertz CT molecular complexity index is 145. The number of hydrogen-bond acceptors (Lipinski definition) is 2. The zero-order valence-electron chi connectivity index (χ0n) is 5.81. The number of halogens is 3. The van der Waals surface area contributed by atoms with Crippen LogP contribution in [-0.4, -0.2) is 18.4 Å². The van der Waals surface area contributed by atoms with Gasteiger partial charge in [0.15, 0.2) is 0 Å². The minimum absolute atomic E-state index is 1.12. The van der Waals surface area contributed by atoms with Crippen LogP contribution >= 0.6 is 0 Å². The SMILES string of the molecule is CC(CC(F)(F)F)OC(N)=O. The maximum atomic E-state index is 11.5. The molecule has 0 aliphatic rings. The third-order valence-electron chi connectivity index (χ3n) is 0.836. The Morgan fingerprint density at radius 3 is 2.36 bits per heavy atom. The summed E-state index contributed by atoms with van der Waals surface area (Å²) in [6, 6.07) is 0. The highest BCUT2D eigenvalue weighted by Gasteiger charge is 2.31. The van der Waals surface area contributed by atoms with Crippen molar-refractivity contribution < 1.29 is 22.7 Å². The molecule has 0 heterocycles. The zero-order valence-corrected chi connectivity index (χ0v) is 5.81. The highest BCUT2D eigenvalue weighted by molar-refractivity contribution is 5.64. The van der Waals surface area contributed by atoms with E-state index in [-0.39, 0.29) is 0 Å². The van der Waals surface area contributed by atoms with Crippen LogP contribution in [-0.2, 0) is 4.74 Å². The van der Waals surface area contributed by atoms with Crippen molar-refractivity contribution in [1.29, 1.82) is 0 Å². The van der Waals surface area contributed by atoms with Crippen molar-refractivity contribution in [2.24, 2.45) is 5.73 Å². The van der Waals surface area contributed by atoms with Crippen molar-refractivity contribution in [3.8, 4) is 0 Å². The molecule has 1 amide bonds. The van der Waals surface area contributed by atoms with Crippen LogP contribution in [0.5, 0.6) is 0 Å². The molecule has 66 valence electrons. The summed E-state index contributed by atoms with van der Waals surface area (Å²) >= 11 is 0. The molecule has 0 aromatic carbocycles. The van der Waals surface area contributed by atoms with E-state index >= 15 is 0 Å². The Kier molecular flexibility index (Phi) is 3.16. The summed E-state index contributed by atoms with van der Waals surface area (Å²) < 4.78 is 38.6. The lowest BCUT2D eigenvalue weighted by Crippen LogP contribution is -2.25. The topological polar surface area (TPSA) is 52.3 Å². The van der Waals surface area contributed by atoms with Gasteiger partial charge in [-0.1, -0.05) is 0 Å². The fourth-order valence-corrected chi connectivity index (χ4v) is 0.566. The van der Waals surface area contributed by atoms with E-state index in [4.69, 9.17) is 0 Å². The third-order valence-corrected chi connectivity index (χ3v) is 0.836. The molecule has 0 saturated carbocycles. The van der Waals surface area contributed by atoms with Gasteiger partial charge in [-0.05, 0) is 6.92 Å². The lowest BCUT2D eigenvalue weighted by atomic mass is 10.3. The minimum Gasteiger partial charge on any atom is -0.446 e. The Hall–Kier alpha value is -0.940. The van der Waals surface area contributed by atoms with Crippen molar-refractivity contribution >= 4 is 6.09 Å². The summed E-state index contributed by atoms with van der Waals surface area (Å²) in [4.78, 5) is 9.93. The van der Waals surface area contributed by atoms with E-state index in [9.17, 15) is 18.0 Å². The zero-order chi connectivity index (χ0) is 9.07. The molecule has 0 radical (unpaired) electrons. The fraction of sp³-hybridized carbons (Fsp3) is 0.800. The fourth-order valence-electron chi connectivity index (χ4n) is 0.566. The molecule has 0 spiro atoms. The van der Waals surface area contributed by atoms with Crippen LogP contribution in [0.1, 0.15) is 13.3 Å². The molecule has 0 fully saturated rings. The molecule has 0 saturated heterocycles. The van der Waals surface area contributed by atoms with Gasteiger partial charge in [0.2, 0.25) is 0 Å². The monoisotopic (exact) mass is 171 g/mol. The van der Waals surface area contributed by atoms with E-state index in [0.29, 0.717) is 0 Å². The molecule has 6 heteroatoms. The van der Waals surface area contributed by atoms with Gasteiger partial charge in [-0.25, -0.2) is 4.79 Å². The number of carbonyl (C=O) groups is 1. The predicted octanol–water partition coefficient (Wildman–Crippen LogP) is 1.42. The first-order chi connectivity index (χ1) is 4.81. The average Bonchev–Trinajstić information content (AvgIpc) is 1.53. The summed E-state index contributed by atoms with van der Waals surface area (Å²) in [5.41, 5.74) is 4.48. The Morgan fingerprint density at radius 1 is 1.64 bits per heavy atom. The number of primary amides is 1.